The number of benzene rings is 2. The molecule has 3 rings (SSSR count). The van der Waals surface area contributed by atoms with Gasteiger partial charge in [-0.25, -0.2) is 9.37 Å². The highest BCUT2D eigenvalue weighted by molar-refractivity contribution is 5.75. The van der Waals surface area contributed by atoms with E-state index in [1.165, 1.54) is 6.07 Å². The Hall–Kier alpha value is -2.36. The molecule has 3 aromatic rings. The number of para-hydroxylation sites is 2. The molecule has 0 fully saturated rings. The van der Waals surface area contributed by atoms with E-state index in [1.807, 2.05) is 35.9 Å². The van der Waals surface area contributed by atoms with Crippen molar-refractivity contribution in [2.45, 2.75) is 6.42 Å². The Labute approximate surface area is 110 Å². The lowest BCUT2D eigenvalue weighted by Crippen LogP contribution is -2.01. The van der Waals surface area contributed by atoms with Gasteiger partial charge in [-0.05, 0) is 35.9 Å². The van der Waals surface area contributed by atoms with Gasteiger partial charge in [-0.3, -0.25) is 0 Å². The van der Waals surface area contributed by atoms with Crippen LogP contribution in [0, 0.1) is 5.82 Å². The molecular weight excluding hydrogens is 241 g/mol. The first-order valence-electron chi connectivity index (χ1n) is 6.09. The standard InChI is InChI=1S/C15H14FN3/c1-19-14-5-3-2-4-13(14)18-15(19)9-10-8-11(17)6-7-12(10)16/h2-8H,9,17H2,1H3. The molecule has 0 saturated heterocycles. The maximum atomic E-state index is 13.7. The molecule has 3 nitrogen and oxygen atoms in total. The number of fused-ring (bicyclic) bond motifs is 1. The number of anilines is 1. The van der Waals surface area contributed by atoms with E-state index in [4.69, 9.17) is 5.73 Å². The molecule has 0 aliphatic rings. The number of aryl methyl sites for hydroxylation is 1. The molecule has 0 atom stereocenters. The van der Waals surface area contributed by atoms with Crippen LogP contribution in [0.15, 0.2) is 42.5 Å². The number of nitrogens with zero attached hydrogens (tertiary/aromatic N) is 2. The van der Waals surface area contributed by atoms with Crippen molar-refractivity contribution >= 4 is 16.7 Å². The molecule has 0 bridgehead atoms. The second-order valence-corrected chi connectivity index (χ2v) is 4.60. The number of imidazole rings is 1. The van der Waals surface area contributed by atoms with Gasteiger partial charge in [0.1, 0.15) is 11.6 Å². The number of rotatable bonds is 2. The summed E-state index contributed by atoms with van der Waals surface area (Å²) < 4.78 is 15.7. The number of hydrogen-bond donors (Lipinski definition) is 1. The van der Waals surface area contributed by atoms with Crippen LogP contribution in [0.4, 0.5) is 10.1 Å². The number of nitrogens with two attached hydrogens (primary N) is 1. The van der Waals surface area contributed by atoms with Crippen molar-refractivity contribution in [2.75, 3.05) is 5.73 Å². The average molecular weight is 255 g/mol. The van der Waals surface area contributed by atoms with Gasteiger partial charge < -0.3 is 10.3 Å². The fourth-order valence-electron chi connectivity index (χ4n) is 2.25. The number of halogens is 1. The predicted molar refractivity (Wildman–Crippen MR) is 74.3 cm³/mol. The Morgan fingerprint density at radius 3 is 2.79 bits per heavy atom. The summed E-state index contributed by atoms with van der Waals surface area (Å²) in [7, 11) is 1.94. The van der Waals surface area contributed by atoms with Crippen LogP contribution < -0.4 is 5.73 Å². The van der Waals surface area contributed by atoms with E-state index in [0.717, 1.165) is 16.9 Å². The summed E-state index contributed by atoms with van der Waals surface area (Å²) in [5.41, 5.74) is 8.80. The minimum absolute atomic E-state index is 0.249. The van der Waals surface area contributed by atoms with Crippen LogP contribution >= 0.6 is 0 Å². The summed E-state index contributed by atoms with van der Waals surface area (Å²) >= 11 is 0. The van der Waals surface area contributed by atoms with Gasteiger partial charge >= 0.3 is 0 Å². The van der Waals surface area contributed by atoms with Crippen molar-refractivity contribution in [3.8, 4) is 0 Å². The normalized spacial score (nSPS) is 11.1. The largest absolute Gasteiger partial charge is 0.399 e. The van der Waals surface area contributed by atoms with Crippen molar-refractivity contribution < 1.29 is 4.39 Å². The lowest BCUT2D eigenvalue weighted by molar-refractivity contribution is 0.611. The Bertz CT molecular complexity index is 746. The van der Waals surface area contributed by atoms with Crippen molar-refractivity contribution in [2.24, 2.45) is 7.05 Å². The number of hydrogen-bond acceptors (Lipinski definition) is 2. The minimum Gasteiger partial charge on any atom is -0.399 e. The fourth-order valence-corrected chi connectivity index (χ4v) is 2.25. The zero-order chi connectivity index (χ0) is 13.4. The average Bonchev–Trinajstić information content (AvgIpc) is 2.72. The van der Waals surface area contributed by atoms with E-state index in [1.54, 1.807) is 12.1 Å². The molecule has 0 spiro atoms. The molecule has 0 unspecified atom stereocenters. The summed E-state index contributed by atoms with van der Waals surface area (Å²) in [5, 5.41) is 0. The van der Waals surface area contributed by atoms with Gasteiger partial charge in [0.05, 0.1) is 11.0 Å². The first kappa shape index (κ1) is 11.7. The molecule has 0 aliphatic heterocycles. The quantitative estimate of drug-likeness (QED) is 0.715. The molecule has 4 heteroatoms. The smallest absolute Gasteiger partial charge is 0.127 e. The number of nitrogen functional groups attached to an aromatic ring is 1. The molecule has 96 valence electrons. The summed E-state index contributed by atoms with van der Waals surface area (Å²) in [5.74, 6) is 0.576. The maximum absolute atomic E-state index is 13.7. The second-order valence-electron chi connectivity index (χ2n) is 4.60. The van der Waals surface area contributed by atoms with E-state index in [9.17, 15) is 4.39 Å². The molecule has 0 amide bonds. The van der Waals surface area contributed by atoms with Gasteiger partial charge in [0, 0.05) is 19.2 Å². The Balaban J connectivity index is 2.06. The van der Waals surface area contributed by atoms with Crippen LogP contribution in [-0.4, -0.2) is 9.55 Å². The molecule has 19 heavy (non-hydrogen) atoms. The lowest BCUT2D eigenvalue weighted by atomic mass is 10.1. The zero-order valence-electron chi connectivity index (χ0n) is 10.6. The van der Waals surface area contributed by atoms with Gasteiger partial charge in [0.2, 0.25) is 0 Å². The zero-order valence-corrected chi connectivity index (χ0v) is 10.6. The van der Waals surface area contributed by atoms with Crippen LogP contribution in [0.5, 0.6) is 0 Å². The molecule has 2 aromatic carbocycles. The van der Waals surface area contributed by atoms with E-state index in [0.29, 0.717) is 17.7 Å². The minimum atomic E-state index is -0.249. The lowest BCUT2D eigenvalue weighted by Gasteiger charge is -2.05. The topological polar surface area (TPSA) is 43.8 Å². The van der Waals surface area contributed by atoms with Gasteiger partial charge in [-0.15, -0.1) is 0 Å². The van der Waals surface area contributed by atoms with Crippen molar-refractivity contribution in [1.82, 2.24) is 9.55 Å². The molecule has 1 aromatic heterocycles. The number of aromatic nitrogens is 2. The van der Waals surface area contributed by atoms with Crippen LogP contribution in [0.3, 0.4) is 0 Å². The van der Waals surface area contributed by atoms with Crippen LogP contribution in [0.25, 0.3) is 11.0 Å². The molecule has 0 radical (unpaired) electrons. The van der Waals surface area contributed by atoms with Crippen molar-refractivity contribution in [3.05, 3.63) is 59.7 Å². The summed E-state index contributed by atoms with van der Waals surface area (Å²) in [6, 6.07) is 12.5. The van der Waals surface area contributed by atoms with Crippen molar-refractivity contribution in [1.29, 1.82) is 0 Å². The molecular formula is C15H14FN3. The fraction of sp³-hybridized carbons (Fsp3) is 0.133. The van der Waals surface area contributed by atoms with Crippen LogP contribution in [0.1, 0.15) is 11.4 Å². The Morgan fingerprint density at radius 2 is 2.00 bits per heavy atom. The monoisotopic (exact) mass is 255 g/mol. The molecule has 1 heterocycles. The third-order valence-electron chi connectivity index (χ3n) is 3.30. The summed E-state index contributed by atoms with van der Waals surface area (Å²) in [6.45, 7) is 0. The van der Waals surface area contributed by atoms with Gasteiger partial charge in [-0.2, -0.15) is 0 Å². The third kappa shape index (κ3) is 2.05. The van der Waals surface area contributed by atoms with Crippen LogP contribution in [-0.2, 0) is 13.5 Å². The summed E-state index contributed by atoms with van der Waals surface area (Å²) in [4.78, 5) is 4.53. The molecule has 2 N–H and O–H groups in total. The second kappa shape index (κ2) is 4.39. The van der Waals surface area contributed by atoms with E-state index in [2.05, 4.69) is 4.98 Å². The summed E-state index contributed by atoms with van der Waals surface area (Å²) in [6.07, 6.45) is 0.433. The highest BCUT2D eigenvalue weighted by atomic mass is 19.1. The van der Waals surface area contributed by atoms with Gasteiger partial charge in [0.25, 0.3) is 0 Å². The molecule has 0 saturated carbocycles. The van der Waals surface area contributed by atoms with Crippen molar-refractivity contribution in [3.63, 3.8) is 0 Å². The third-order valence-corrected chi connectivity index (χ3v) is 3.30. The van der Waals surface area contributed by atoms with Gasteiger partial charge in [0.15, 0.2) is 0 Å². The van der Waals surface area contributed by atoms with E-state index < -0.39 is 0 Å². The SMILES string of the molecule is Cn1c(Cc2cc(N)ccc2F)nc2ccccc21. The Morgan fingerprint density at radius 1 is 1.21 bits per heavy atom. The highest BCUT2D eigenvalue weighted by Gasteiger charge is 2.10. The Kier molecular flexibility index (Phi) is 2.71. The molecule has 0 aliphatic carbocycles. The van der Waals surface area contributed by atoms with E-state index in [-0.39, 0.29) is 5.82 Å². The van der Waals surface area contributed by atoms with E-state index >= 15 is 0 Å². The first-order chi connectivity index (χ1) is 9.15. The predicted octanol–water partition coefficient (Wildman–Crippen LogP) is 2.89. The maximum Gasteiger partial charge on any atom is 0.127 e. The first-order valence-corrected chi connectivity index (χ1v) is 6.09. The highest BCUT2D eigenvalue weighted by Crippen LogP contribution is 2.19. The van der Waals surface area contributed by atoms with Crippen LogP contribution in [0.2, 0.25) is 0 Å². The van der Waals surface area contributed by atoms with Gasteiger partial charge in [-0.1, -0.05) is 12.1 Å².